The summed E-state index contributed by atoms with van der Waals surface area (Å²) in [5, 5.41) is 3.06. The minimum Gasteiger partial charge on any atom is -0.316 e. The SMILES string of the molecule is CNCc1ccc(S(=O)(=O)N2CC(C)N(C)C(C)C2)cc1. The van der Waals surface area contributed by atoms with E-state index in [2.05, 4.69) is 24.1 Å². The van der Waals surface area contributed by atoms with Gasteiger partial charge in [-0.25, -0.2) is 8.42 Å². The van der Waals surface area contributed by atoms with Crippen molar-refractivity contribution in [3.63, 3.8) is 0 Å². The fraction of sp³-hybridized carbons (Fsp3) is 0.600. The molecule has 2 unspecified atom stereocenters. The second kappa shape index (κ2) is 6.44. The van der Waals surface area contributed by atoms with Gasteiger partial charge in [0.15, 0.2) is 0 Å². The average molecular weight is 311 g/mol. The van der Waals surface area contributed by atoms with Crippen molar-refractivity contribution in [2.24, 2.45) is 0 Å². The number of piperazine rings is 1. The monoisotopic (exact) mass is 311 g/mol. The Balaban J connectivity index is 2.21. The highest BCUT2D eigenvalue weighted by molar-refractivity contribution is 7.89. The van der Waals surface area contributed by atoms with E-state index < -0.39 is 10.0 Å². The van der Waals surface area contributed by atoms with Gasteiger partial charge in [0, 0.05) is 31.7 Å². The maximum Gasteiger partial charge on any atom is 0.243 e. The molecule has 0 aliphatic carbocycles. The van der Waals surface area contributed by atoms with E-state index in [0.29, 0.717) is 18.0 Å². The topological polar surface area (TPSA) is 52.7 Å². The molecule has 1 aliphatic rings. The van der Waals surface area contributed by atoms with E-state index in [0.717, 1.165) is 12.1 Å². The van der Waals surface area contributed by atoms with Crippen LogP contribution in [0.25, 0.3) is 0 Å². The van der Waals surface area contributed by atoms with Gasteiger partial charge in [-0.15, -0.1) is 0 Å². The third-order valence-corrected chi connectivity index (χ3v) is 6.11. The van der Waals surface area contributed by atoms with Crippen molar-refractivity contribution in [1.82, 2.24) is 14.5 Å². The molecular formula is C15H25N3O2S. The second-order valence-electron chi connectivity index (χ2n) is 5.86. The quantitative estimate of drug-likeness (QED) is 0.905. The highest BCUT2D eigenvalue weighted by Crippen LogP contribution is 2.22. The van der Waals surface area contributed by atoms with Gasteiger partial charge < -0.3 is 5.32 Å². The zero-order chi connectivity index (χ0) is 15.6. The summed E-state index contributed by atoms with van der Waals surface area (Å²) in [6, 6.07) is 7.60. The lowest BCUT2D eigenvalue weighted by atomic mass is 10.1. The molecule has 0 spiro atoms. The first-order chi connectivity index (χ1) is 9.86. The van der Waals surface area contributed by atoms with Gasteiger partial charge in [-0.2, -0.15) is 4.31 Å². The van der Waals surface area contributed by atoms with Crippen LogP contribution in [0.2, 0.25) is 0 Å². The fourth-order valence-electron chi connectivity index (χ4n) is 2.68. The normalized spacial score (nSPS) is 25.1. The number of sulfonamides is 1. The van der Waals surface area contributed by atoms with Gasteiger partial charge in [0.2, 0.25) is 10.0 Å². The average Bonchev–Trinajstić information content (AvgIpc) is 2.45. The van der Waals surface area contributed by atoms with Crippen LogP contribution in [-0.2, 0) is 16.6 Å². The van der Waals surface area contributed by atoms with E-state index in [9.17, 15) is 8.42 Å². The Morgan fingerprint density at radius 1 is 1.14 bits per heavy atom. The van der Waals surface area contributed by atoms with Crippen LogP contribution in [0.4, 0.5) is 0 Å². The molecule has 1 saturated heterocycles. The Labute approximate surface area is 128 Å². The minimum absolute atomic E-state index is 0.229. The Morgan fingerprint density at radius 2 is 1.67 bits per heavy atom. The summed E-state index contributed by atoms with van der Waals surface area (Å²) in [5.74, 6) is 0. The number of nitrogens with one attached hydrogen (secondary N) is 1. The third kappa shape index (κ3) is 3.45. The van der Waals surface area contributed by atoms with Crippen LogP contribution < -0.4 is 5.32 Å². The highest BCUT2D eigenvalue weighted by atomic mass is 32.2. The zero-order valence-corrected chi connectivity index (χ0v) is 14.0. The van der Waals surface area contributed by atoms with Crippen LogP contribution in [0.1, 0.15) is 19.4 Å². The van der Waals surface area contributed by atoms with Crippen molar-refractivity contribution in [2.75, 3.05) is 27.2 Å². The van der Waals surface area contributed by atoms with E-state index in [1.807, 2.05) is 26.2 Å². The van der Waals surface area contributed by atoms with Crippen LogP contribution in [0.15, 0.2) is 29.2 Å². The molecule has 0 bridgehead atoms. The Hall–Kier alpha value is -0.950. The van der Waals surface area contributed by atoms with E-state index in [-0.39, 0.29) is 12.1 Å². The largest absolute Gasteiger partial charge is 0.316 e. The molecule has 21 heavy (non-hydrogen) atoms. The second-order valence-corrected chi connectivity index (χ2v) is 7.80. The summed E-state index contributed by atoms with van der Waals surface area (Å²) in [6.45, 7) is 5.95. The first-order valence-electron chi connectivity index (χ1n) is 7.32. The minimum atomic E-state index is -3.40. The van der Waals surface area contributed by atoms with Crippen molar-refractivity contribution in [2.45, 2.75) is 37.4 Å². The highest BCUT2D eigenvalue weighted by Gasteiger charge is 2.34. The number of rotatable bonds is 4. The van der Waals surface area contributed by atoms with Crippen molar-refractivity contribution in [3.05, 3.63) is 29.8 Å². The van der Waals surface area contributed by atoms with Crippen molar-refractivity contribution in [1.29, 1.82) is 0 Å². The van der Waals surface area contributed by atoms with E-state index in [1.165, 1.54) is 0 Å². The molecular weight excluding hydrogens is 286 g/mol. The maximum absolute atomic E-state index is 12.7. The number of nitrogens with zero attached hydrogens (tertiary/aromatic N) is 2. The van der Waals surface area contributed by atoms with Gasteiger partial charge in [-0.05, 0) is 45.6 Å². The number of hydrogen-bond donors (Lipinski definition) is 1. The van der Waals surface area contributed by atoms with Gasteiger partial charge in [0.05, 0.1) is 4.90 Å². The van der Waals surface area contributed by atoms with Crippen molar-refractivity contribution in [3.8, 4) is 0 Å². The van der Waals surface area contributed by atoms with Crippen LogP contribution in [0.3, 0.4) is 0 Å². The van der Waals surface area contributed by atoms with Crippen LogP contribution in [-0.4, -0.2) is 56.9 Å². The van der Waals surface area contributed by atoms with E-state index in [4.69, 9.17) is 0 Å². The molecule has 1 N–H and O–H groups in total. The molecule has 2 atom stereocenters. The molecule has 118 valence electrons. The smallest absolute Gasteiger partial charge is 0.243 e. The molecule has 0 radical (unpaired) electrons. The first-order valence-corrected chi connectivity index (χ1v) is 8.76. The predicted molar refractivity (Wildman–Crippen MR) is 84.7 cm³/mol. The summed E-state index contributed by atoms with van der Waals surface area (Å²) in [6.07, 6.45) is 0. The Bertz CT molecular complexity index is 559. The van der Waals surface area contributed by atoms with Gasteiger partial charge in [0.25, 0.3) is 0 Å². The van der Waals surface area contributed by atoms with Crippen molar-refractivity contribution >= 4 is 10.0 Å². The lowest BCUT2D eigenvalue weighted by Crippen LogP contribution is -2.56. The summed E-state index contributed by atoms with van der Waals surface area (Å²) in [7, 11) is 0.523. The predicted octanol–water partition coefficient (Wildman–Crippen LogP) is 1.12. The lowest BCUT2D eigenvalue weighted by molar-refractivity contribution is 0.105. The zero-order valence-electron chi connectivity index (χ0n) is 13.2. The van der Waals surface area contributed by atoms with Gasteiger partial charge >= 0.3 is 0 Å². The van der Waals surface area contributed by atoms with Gasteiger partial charge in [-0.1, -0.05) is 12.1 Å². The van der Waals surface area contributed by atoms with Crippen LogP contribution in [0.5, 0.6) is 0 Å². The summed E-state index contributed by atoms with van der Waals surface area (Å²) < 4.78 is 27.1. The molecule has 1 aliphatic heterocycles. The number of likely N-dealkylation sites (N-methyl/N-ethyl adjacent to an activating group) is 1. The van der Waals surface area contributed by atoms with Crippen molar-refractivity contribution < 1.29 is 8.42 Å². The van der Waals surface area contributed by atoms with Crippen LogP contribution >= 0.6 is 0 Å². The Kier molecular flexibility index (Phi) is 5.03. The van der Waals surface area contributed by atoms with Gasteiger partial charge in [-0.3, -0.25) is 4.90 Å². The summed E-state index contributed by atoms with van der Waals surface area (Å²) >= 11 is 0. The number of hydrogen-bond acceptors (Lipinski definition) is 4. The first kappa shape index (κ1) is 16.4. The molecule has 0 saturated carbocycles. The molecule has 6 heteroatoms. The number of benzene rings is 1. The van der Waals surface area contributed by atoms with E-state index >= 15 is 0 Å². The van der Waals surface area contributed by atoms with Crippen LogP contribution in [0, 0.1) is 0 Å². The Morgan fingerprint density at radius 3 is 2.14 bits per heavy atom. The van der Waals surface area contributed by atoms with Gasteiger partial charge in [0.1, 0.15) is 0 Å². The molecule has 1 aromatic rings. The fourth-order valence-corrected chi connectivity index (χ4v) is 4.29. The molecule has 5 nitrogen and oxygen atoms in total. The lowest BCUT2D eigenvalue weighted by Gasteiger charge is -2.41. The molecule has 1 fully saturated rings. The molecule has 1 heterocycles. The molecule has 0 amide bonds. The molecule has 2 rings (SSSR count). The van der Waals surface area contributed by atoms with E-state index in [1.54, 1.807) is 16.4 Å². The molecule has 0 aromatic heterocycles. The maximum atomic E-state index is 12.7. The summed E-state index contributed by atoms with van der Waals surface area (Å²) in [5.41, 5.74) is 1.08. The third-order valence-electron chi connectivity index (χ3n) is 4.27. The molecule has 1 aromatic carbocycles. The standard InChI is InChI=1S/C15H25N3O2S/c1-12-10-18(11-13(2)17(12)4)21(19,20)15-7-5-14(6-8-15)9-16-3/h5-8,12-13,16H,9-11H2,1-4H3. The summed E-state index contributed by atoms with van der Waals surface area (Å²) in [4.78, 5) is 2.61.